The smallest absolute Gasteiger partial charge is 0.300 e. The largest absolute Gasteiger partial charge is 0.493 e. The molecule has 0 aliphatic carbocycles. The molecular formula is C17H18N2O10S2. The predicted octanol–water partition coefficient (Wildman–Crippen LogP) is 0.928. The number of allylic oxidation sites excluding steroid dienone is 2. The number of rotatable bonds is 6. The molecule has 0 bridgehead atoms. The van der Waals surface area contributed by atoms with Crippen LogP contribution in [0.1, 0.15) is 18.1 Å². The molecule has 2 rings (SSSR count). The Morgan fingerprint density at radius 3 is 2.26 bits per heavy atom. The summed E-state index contributed by atoms with van der Waals surface area (Å²) < 4.78 is 37.5. The highest BCUT2D eigenvalue weighted by molar-refractivity contribution is 7.99. The Balaban J connectivity index is 2.62. The van der Waals surface area contributed by atoms with Crippen LogP contribution < -0.4 is 5.56 Å². The van der Waals surface area contributed by atoms with E-state index in [9.17, 15) is 32.5 Å². The minimum Gasteiger partial charge on any atom is -0.493 e. The van der Waals surface area contributed by atoms with Gasteiger partial charge in [0.1, 0.15) is 4.91 Å². The fraction of sp³-hybridized carbons (Fsp3) is 0.235. The van der Waals surface area contributed by atoms with Crippen molar-refractivity contribution in [2.45, 2.75) is 18.7 Å². The summed E-state index contributed by atoms with van der Waals surface area (Å²) >= 11 is 0.390. The SMILES string of the molecule is CC1=C(SOOO)C(=O)N(C)C(=O)/C1=C\C=Cc1c(C)c(S(=O)(=O)O)c(O)n(C)c1=O. The van der Waals surface area contributed by atoms with Gasteiger partial charge in [0.05, 0.1) is 12.0 Å². The van der Waals surface area contributed by atoms with Crippen molar-refractivity contribution in [3.63, 3.8) is 0 Å². The maximum atomic E-state index is 12.5. The van der Waals surface area contributed by atoms with Crippen molar-refractivity contribution >= 4 is 40.1 Å². The van der Waals surface area contributed by atoms with E-state index < -0.39 is 38.3 Å². The lowest BCUT2D eigenvalue weighted by molar-refractivity contribution is -0.431. The third-order valence-electron chi connectivity index (χ3n) is 4.51. The fourth-order valence-electron chi connectivity index (χ4n) is 2.84. The quantitative estimate of drug-likeness (QED) is 0.134. The van der Waals surface area contributed by atoms with Gasteiger partial charge in [-0.2, -0.15) is 8.42 Å². The van der Waals surface area contributed by atoms with Crippen molar-refractivity contribution in [1.82, 2.24) is 9.47 Å². The van der Waals surface area contributed by atoms with E-state index in [2.05, 4.69) is 9.37 Å². The van der Waals surface area contributed by atoms with Crippen LogP contribution in [0.2, 0.25) is 0 Å². The van der Waals surface area contributed by atoms with Crippen molar-refractivity contribution in [3.8, 4) is 5.88 Å². The second kappa shape index (κ2) is 9.17. The zero-order valence-corrected chi connectivity index (χ0v) is 18.3. The van der Waals surface area contributed by atoms with Gasteiger partial charge in [0, 0.05) is 25.2 Å². The van der Waals surface area contributed by atoms with Crippen LogP contribution in [0.5, 0.6) is 5.88 Å². The van der Waals surface area contributed by atoms with Crippen LogP contribution in [0.25, 0.3) is 6.08 Å². The van der Waals surface area contributed by atoms with Gasteiger partial charge in [0.15, 0.2) is 4.90 Å². The standard InChI is InChI=1S/C17H18N2O10S2/c1-8-10(14(20)18(3)16(22)12(8)30-29-28-24)6-5-7-11-9(2)13(31(25,26)27)17(23)19(4)15(11)21/h5-7,23-24H,1-4H3,(H,25,26,27)/b7-5?,10-6-. The number of amides is 2. The minimum absolute atomic E-state index is 0.0406. The third kappa shape index (κ3) is 4.63. The van der Waals surface area contributed by atoms with Gasteiger partial charge in [-0.25, -0.2) is 5.26 Å². The van der Waals surface area contributed by atoms with Crippen LogP contribution in [-0.2, 0) is 36.1 Å². The zero-order valence-electron chi connectivity index (χ0n) is 16.6. The van der Waals surface area contributed by atoms with Crippen molar-refractivity contribution in [3.05, 3.63) is 49.7 Å². The van der Waals surface area contributed by atoms with Gasteiger partial charge < -0.3 is 5.11 Å². The molecule has 0 saturated heterocycles. The first-order valence-corrected chi connectivity index (χ1v) is 10.5. The molecule has 1 aliphatic rings. The second-order valence-corrected chi connectivity index (χ2v) is 8.39. The maximum absolute atomic E-state index is 12.5. The monoisotopic (exact) mass is 474 g/mol. The number of carbonyl (C=O) groups is 2. The Morgan fingerprint density at radius 2 is 1.71 bits per heavy atom. The maximum Gasteiger partial charge on any atom is 0.300 e. The molecular weight excluding hydrogens is 456 g/mol. The Hall–Kier alpha value is -2.75. The number of likely N-dealkylation sites (N-methyl/N-ethyl adjacent to an activating group) is 1. The lowest BCUT2D eigenvalue weighted by Crippen LogP contribution is -2.39. The van der Waals surface area contributed by atoms with Gasteiger partial charge in [-0.1, -0.05) is 11.1 Å². The molecule has 1 aromatic heterocycles. The van der Waals surface area contributed by atoms with Crippen molar-refractivity contribution in [2.75, 3.05) is 7.05 Å². The van der Waals surface area contributed by atoms with Gasteiger partial charge >= 0.3 is 0 Å². The highest BCUT2D eigenvalue weighted by atomic mass is 32.2. The zero-order chi connectivity index (χ0) is 23.7. The number of pyridine rings is 1. The lowest BCUT2D eigenvalue weighted by atomic mass is 10.0. The summed E-state index contributed by atoms with van der Waals surface area (Å²) in [7, 11) is -2.49. The number of aromatic nitrogens is 1. The summed E-state index contributed by atoms with van der Waals surface area (Å²) in [4.78, 5) is 37.0. The molecule has 14 heteroatoms. The molecule has 3 N–H and O–H groups in total. The number of hydrogen-bond donors (Lipinski definition) is 3. The van der Waals surface area contributed by atoms with Crippen molar-refractivity contribution in [1.29, 1.82) is 0 Å². The lowest BCUT2D eigenvalue weighted by Gasteiger charge is -2.25. The fourth-order valence-corrected chi connectivity index (χ4v) is 4.24. The average Bonchev–Trinajstić information content (AvgIpc) is 2.68. The summed E-state index contributed by atoms with van der Waals surface area (Å²) in [6.45, 7) is 2.67. The third-order valence-corrected chi connectivity index (χ3v) is 6.29. The molecule has 168 valence electrons. The molecule has 0 aromatic carbocycles. The number of imide groups is 1. The van der Waals surface area contributed by atoms with Crippen LogP contribution in [-0.4, -0.2) is 51.7 Å². The number of aromatic hydroxyl groups is 1. The molecule has 1 aliphatic heterocycles. The first-order chi connectivity index (χ1) is 14.3. The Labute approximate surface area is 180 Å². The van der Waals surface area contributed by atoms with E-state index in [0.717, 1.165) is 11.9 Å². The van der Waals surface area contributed by atoms with Crippen molar-refractivity contribution < 1.29 is 42.3 Å². The molecule has 12 nitrogen and oxygen atoms in total. The molecule has 0 unspecified atom stereocenters. The average molecular weight is 474 g/mol. The summed E-state index contributed by atoms with van der Waals surface area (Å²) in [5.74, 6) is -2.27. The van der Waals surface area contributed by atoms with Gasteiger partial charge in [-0.05, 0) is 37.1 Å². The Morgan fingerprint density at radius 1 is 1.10 bits per heavy atom. The molecule has 31 heavy (non-hydrogen) atoms. The van der Waals surface area contributed by atoms with E-state index in [1.165, 1.54) is 39.1 Å². The number of hydrogen-bond acceptors (Lipinski definition) is 10. The van der Waals surface area contributed by atoms with Crippen molar-refractivity contribution in [2.24, 2.45) is 7.05 Å². The number of nitrogens with zero attached hydrogens (tertiary/aromatic N) is 2. The molecule has 1 aromatic rings. The molecule has 0 fully saturated rings. The molecule has 0 atom stereocenters. The van der Waals surface area contributed by atoms with Crippen LogP contribution >= 0.6 is 12.0 Å². The highest BCUT2D eigenvalue weighted by Gasteiger charge is 2.33. The summed E-state index contributed by atoms with van der Waals surface area (Å²) in [6.07, 6.45) is 3.73. The van der Waals surface area contributed by atoms with Crippen LogP contribution in [0.15, 0.2) is 37.9 Å². The van der Waals surface area contributed by atoms with Gasteiger partial charge in [0.2, 0.25) is 5.88 Å². The highest BCUT2D eigenvalue weighted by Crippen LogP contribution is 2.32. The second-order valence-electron chi connectivity index (χ2n) is 6.32. The summed E-state index contributed by atoms with van der Waals surface area (Å²) in [5.41, 5.74) is -0.863. The summed E-state index contributed by atoms with van der Waals surface area (Å²) in [5, 5.41) is 21.7. The number of carbonyl (C=O) groups excluding carboxylic acids is 2. The van der Waals surface area contributed by atoms with E-state index in [0.29, 0.717) is 16.6 Å². The van der Waals surface area contributed by atoms with E-state index in [1.54, 1.807) is 0 Å². The Kier molecular flexibility index (Phi) is 7.25. The van der Waals surface area contributed by atoms with Crippen LogP contribution in [0, 0.1) is 6.92 Å². The molecule has 2 heterocycles. The van der Waals surface area contributed by atoms with E-state index in [4.69, 9.17) is 5.26 Å². The molecule has 0 spiro atoms. The van der Waals surface area contributed by atoms with E-state index >= 15 is 0 Å². The van der Waals surface area contributed by atoms with Gasteiger partial charge in [0.25, 0.3) is 27.5 Å². The van der Waals surface area contributed by atoms with E-state index in [-0.39, 0.29) is 27.2 Å². The first-order valence-electron chi connectivity index (χ1n) is 8.31. The first kappa shape index (κ1) is 24.5. The summed E-state index contributed by atoms with van der Waals surface area (Å²) in [6, 6.07) is 0. The minimum atomic E-state index is -4.83. The van der Waals surface area contributed by atoms with E-state index in [1.807, 2.05) is 0 Å². The van der Waals surface area contributed by atoms with Crippen LogP contribution in [0.4, 0.5) is 0 Å². The van der Waals surface area contributed by atoms with Gasteiger partial charge in [-0.3, -0.25) is 28.4 Å². The van der Waals surface area contributed by atoms with Crippen LogP contribution in [0.3, 0.4) is 0 Å². The topological polar surface area (TPSA) is 173 Å². The molecule has 0 radical (unpaired) electrons. The normalized spacial score (nSPS) is 16.8. The molecule has 0 saturated carbocycles. The molecule has 2 amide bonds. The van der Waals surface area contributed by atoms with Gasteiger partial charge in [-0.15, -0.1) is 4.33 Å². The Bertz CT molecular complexity index is 1210. The predicted molar refractivity (Wildman–Crippen MR) is 108 cm³/mol.